The van der Waals surface area contributed by atoms with Crippen molar-refractivity contribution in [2.75, 3.05) is 0 Å². The molecule has 0 rings (SSSR count). The quantitative estimate of drug-likeness (QED) is 0.540. The predicted molar refractivity (Wildman–Crippen MR) is 8.28 cm³/mol. The van der Waals surface area contributed by atoms with Crippen LogP contribution in [0.15, 0.2) is 0 Å². The molecule has 18 valence electrons. The van der Waals surface area contributed by atoms with Gasteiger partial charge < -0.3 is 0 Å². The second-order valence-corrected chi connectivity index (χ2v) is 0. The molecule has 0 aromatic rings. The molecule has 4 heavy (non-hydrogen) atoms. The molecular weight excluding hydrogens is 208 g/mol. The van der Waals surface area contributed by atoms with E-state index in [-0.39, 0.29) is 0 Å². The molecule has 0 aliphatic heterocycles. The first-order valence-corrected chi connectivity index (χ1v) is 6.65. The van der Waals surface area contributed by atoms with Crippen molar-refractivity contribution in [3.8, 4) is 0 Å². The molecule has 0 radical (unpaired) electrons. The predicted octanol–water partition coefficient (Wildman–Crippen LogP) is 0.524. The van der Waals surface area contributed by atoms with Gasteiger partial charge in [-0.2, -0.15) is 0 Å². The molecule has 0 unspecified atom stereocenters. The van der Waals surface area contributed by atoms with E-state index in [4.69, 9.17) is 3.32 Å². The standard InChI is InChI=1S/Cd.O.S.Ti. The van der Waals surface area contributed by atoms with Crippen LogP contribution in [0.2, 0.25) is 0 Å². The van der Waals surface area contributed by atoms with Crippen molar-refractivity contribution in [3.63, 3.8) is 0 Å². The Morgan fingerprint density at radius 3 is 1.50 bits per heavy atom. The zero-order valence-corrected chi connectivity index (χ0v) is 8.44. The summed E-state index contributed by atoms with van der Waals surface area (Å²) >= 11 is 1.48. The number of rotatable bonds is 0. The van der Waals surface area contributed by atoms with Gasteiger partial charge in [0.2, 0.25) is 0 Å². The molecule has 0 bridgehead atoms. The van der Waals surface area contributed by atoms with E-state index in [1.807, 2.05) is 0 Å². The van der Waals surface area contributed by atoms with Crippen LogP contribution in [0, 0.1) is 0 Å². The van der Waals surface area contributed by atoms with Gasteiger partial charge in [0.05, 0.1) is 0 Å². The maximum absolute atomic E-state index is 8.25. The summed E-state index contributed by atoms with van der Waals surface area (Å²) in [5, 5.41) is 0. The first-order chi connectivity index (χ1) is 2.00. The van der Waals surface area contributed by atoms with Gasteiger partial charge in [0, 0.05) is 0 Å². The third-order valence-electron chi connectivity index (χ3n) is 0. The normalized spacial score (nSPS) is 2.25. The van der Waals surface area contributed by atoms with E-state index >= 15 is 0 Å². The summed E-state index contributed by atoms with van der Waals surface area (Å²) in [5.41, 5.74) is 0. The summed E-state index contributed by atoms with van der Waals surface area (Å²) in [5.74, 6) is 0. The SMILES string of the molecule is [O]=[Ti].[S]=[Cd]. The maximum atomic E-state index is 8.25. The van der Waals surface area contributed by atoms with Crippen molar-refractivity contribution >= 4 is 8.65 Å². The van der Waals surface area contributed by atoms with Crippen LogP contribution in [0.5, 0.6) is 0 Å². The fourth-order valence-electron chi connectivity index (χ4n) is 0. The Balaban J connectivity index is 0. The van der Waals surface area contributed by atoms with Crippen LogP contribution in [0.4, 0.5) is 0 Å². The van der Waals surface area contributed by atoms with Crippen LogP contribution in [0.25, 0.3) is 0 Å². The molecule has 0 N–H and O–H groups in total. The third kappa shape index (κ3) is 9.40. The Labute approximate surface area is 55.4 Å². The Hall–Kier alpha value is 1.66. The van der Waals surface area contributed by atoms with Gasteiger partial charge in [0.25, 0.3) is 0 Å². The first-order valence-electron chi connectivity index (χ1n) is 0.493. The third-order valence-corrected chi connectivity index (χ3v) is 0. The van der Waals surface area contributed by atoms with Crippen LogP contribution >= 0.6 is 8.65 Å². The fraction of sp³-hybridized carbons (Fsp3) is 0. The van der Waals surface area contributed by atoms with Gasteiger partial charge in [-0.1, -0.05) is 0 Å². The summed E-state index contributed by atoms with van der Waals surface area (Å²) in [6.45, 7) is 0. The topological polar surface area (TPSA) is 17.1 Å². The zero-order chi connectivity index (χ0) is 4.00. The second-order valence-electron chi connectivity index (χ2n) is 0. The van der Waals surface area contributed by atoms with Gasteiger partial charge >= 0.3 is 56.1 Å². The van der Waals surface area contributed by atoms with E-state index in [0.29, 0.717) is 0 Å². The average molecular weight is 208 g/mol. The molecular formula is CdOSTi. The van der Waals surface area contributed by atoms with E-state index in [1.165, 1.54) is 0 Å². The van der Waals surface area contributed by atoms with Crippen molar-refractivity contribution < 1.29 is 47.4 Å². The Kier molecular flexibility index (Phi) is 52.0. The molecule has 0 atom stereocenters. The summed E-state index contributed by atoms with van der Waals surface area (Å²) in [6, 6.07) is 0. The Bertz CT molecular complexity index is 10.0. The van der Waals surface area contributed by atoms with Gasteiger partial charge in [-0.25, -0.2) is 0 Å². The molecule has 0 spiro atoms. The van der Waals surface area contributed by atoms with Gasteiger partial charge in [0.15, 0.2) is 0 Å². The molecule has 0 fully saturated rings. The minimum atomic E-state index is 0.733. The average Bonchev–Trinajstić information content (AvgIpc) is 1.50. The van der Waals surface area contributed by atoms with Crippen LogP contribution in [0.1, 0.15) is 0 Å². The van der Waals surface area contributed by atoms with Crippen LogP contribution < -0.4 is 0 Å². The van der Waals surface area contributed by atoms with Crippen LogP contribution in [0.3, 0.4) is 0 Å². The van der Waals surface area contributed by atoms with Crippen LogP contribution in [-0.2, 0) is 47.4 Å². The van der Waals surface area contributed by atoms with Crippen molar-refractivity contribution in [3.05, 3.63) is 0 Å². The molecule has 0 heterocycles. The van der Waals surface area contributed by atoms with Crippen molar-refractivity contribution in [2.24, 2.45) is 0 Å². The van der Waals surface area contributed by atoms with E-state index in [1.54, 1.807) is 0 Å². The van der Waals surface area contributed by atoms with Crippen molar-refractivity contribution in [1.82, 2.24) is 0 Å². The Morgan fingerprint density at radius 2 is 1.50 bits per heavy atom. The molecule has 0 saturated heterocycles. The van der Waals surface area contributed by atoms with Gasteiger partial charge in [-0.05, 0) is 0 Å². The van der Waals surface area contributed by atoms with Crippen molar-refractivity contribution in [2.45, 2.75) is 0 Å². The summed E-state index contributed by atoms with van der Waals surface area (Å²) in [7, 11) is 4.25. The molecule has 0 aliphatic rings. The first kappa shape index (κ1) is 9.17. The van der Waals surface area contributed by atoms with Crippen LogP contribution in [-0.4, -0.2) is 0 Å². The van der Waals surface area contributed by atoms with E-state index < -0.39 is 0 Å². The molecule has 0 saturated carbocycles. The molecule has 4 heteroatoms. The molecule has 0 aliphatic carbocycles. The minimum absolute atomic E-state index is 0.733. The summed E-state index contributed by atoms with van der Waals surface area (Å²) in [6.07, 6.45) is 0. The van der Waals surface area contributed by atoms with Crippen molar-refractivity contribution in [1.29, 1.82) is 0 Å². The second kappa shape index (κ2) is 22.7. The van der Waals surface area contributed by atoms with Gasteiger partial charge in [-0.3, -0.25) is 0 Å². The molecule has 1 nitrogen and oxygen atoms in total. The number of hydrogen-bond donors (Lipinski definition) is 0. The van der Waals surface area contributed by atoms with E-state index in [9.17, 15) is 0 Å². The molecule has 0 aromatic heterocycles. The summed E-state index contributed by atoms with van der Waals surface area (Å²) < 4.78 is 8.25. The van der Waals surface area contributed by atoms with Gasteiger partial charge in [0.1, 0.15) is 0 Å². The van der Waals surface area contributed by atoms with E-state index in [0.717, 1.165) is 44.1 Å². The zero-order valence-electron chi connectivity index (χ0n) is 2.02. The fourth-order valence-corrected chi connectivity index (χ4v) is 0. The van der Waals surface area contributed by atoms with E-state index in [2.05, 4.69) is 8.65 Å². The van der Waals surface area contributed by atoms with Gasteiger partial charge in [-0.15, -0.1) is 0 Å². The molecule has 0 amide bonds. The summed E-state index contributed by atoms with van der Waals surface area (Å²) in [4.78, 5) is 0. The Morgan fingerprint density at radius 1 is 1.50 bits per heavy atom. The monoisotopic (exact) mass is 210 g/mol. The molecule has 0 aromatic carbocycles. The number of hydrogen-bond acceptors (Lipinski definition) is 2.